The standard InChI is InChI=1S/C30H32N2O8/c1-29(2,27(35)36)39-23-13-9-21(10-14-23)31-25(33)17-19-7-5-6-8-20(19)18-26(34)32-22-11-15-24(16-12-22)40-30(3,4)28(37)38/h5-16H,17-18H2,1-4H3,(H,31,33)(H,32,34)(H,35,36)(H,37,38). The van der Waals surface area contributed by atoms with E-state index in [1.54, 1.807) is 72.8 Å². The number of rotatable bonds is 12. The number of amides is 2. The molecule has 0 aromatic heterocycles. The summed E-state index contributed by atoms with van der Waals surface area (Å²) in [6.45, 7) is 5.77. The highest BCUT2D eigenvalue weighted by atomic mass is 16.5. The smallest absolute Gasteiger partial charge is 0.347 e. The SMILES string of the molecule is CC(C)(Oc1ccc(NC(=O)Cc2ccccc2CC(=O)Nc2ccc(OC(C)(C)C(=O)O)cc2)cc1)C(=O)O. The Morgan fingerprint density at radius 2 is 0.925 bits per heavy atom. The molecule has 0 bridgehead atoms. The number of aliphatic carboxylic acids is 2. The van der Waals surface area contributed by atoms with Crippen LogP contribution in [-0.2, 0) is 32.0 Å². The highest BCUT2D eigenvalue weighted by Gasteiger charge is 2.30. The van der Waals surface area contributed by atoms with Gasteiger partial charge in [-0.15, -0.1) is 0 Å². The molecule has 4 N–H and O–H groups in total. The molecule has 3 aromatic carbocycles. The predicted octanol–water partition coefficient (Wildman–Crippen LogP) is 4.53. The minimum absolute atomic E-state index is 0.0408. The molecular formula is C30H32N2O8. The molecule has 0 radical (unpaired) electrons. The van der Waals surface area contributed by atoms with Crippen LogP contribution < -0.4 is 20.1 Å². The van der Waals surface area contributed by atoms with Crippen molar-refractivity contribution in [1.82, 2.24) is 0 Å². The van der Waals surface area contributed by atoms with Gasteiger partial charge < -0.3 is 30.3 Å². The van der Waals surface area contributed by atoms with E-state index in [9.17, 15) is 29.4 Å². The zero-order valence-corrected chi connectivity index (χ0v) is 22.7. The maximum absolute atomic E-state index is 12.7. The van der Waals surface area contributed by atoms with Crippen molar-refractivity contribution in [2.75, 3.05) is 10.6 Å². The topological polar surface area (TPSA) is 151 Å². The van der Waals surface area contributed by atoms with Crippen LogP contribution >= 0.6 is 0 Å². The molecule has 0 unspecified atom stereocenters. The molecule has 3 rings (SSSR count). The number of carboxylic acid groups (broad SMARTS) is 2. The number of anilines is 2. The molecule has 3 aromatic rings. The molecule has 0 aliphatic rings. The first kappa shape index (κ1) is 29.7. The van der Waals surface area contributed by atoms with Gasteiger partial charge in [0.15, 0.2) is 11.2 Å². The van der Waals surface area contributed by atoms with Crippen LogP contribution in [0.2, 0.25) is 0 Å². The lowest BCUT2D eigenvalue weighted by molar-refractivity contribution is -0.152. The molecule has 0 aliphatic carbocycles. The van der Waals surface area contributed by atoms with Crippen molar-refractivity contribution in [3.05, 3.63) is 83.9 Å². The summed E-state index contributed by atoms with van der Waals surface area (Å²) >= 11 is 0. The molecule has 0 saturated heterocycles. The Hall–Kier alpha value is -4.86. The zero-order valence-electron chi connectivity index (χ0n) is 22.7. The molecule has 2 amide bonds. The summed E-state index contributed by atoms with van der Waals surface area (Å²) in [5.74, 6) is -2.05. The van der Waals surface area contributed by atoms with E-state index in [1.165, 1.54) is 27.7 Å². The van der Waals surface area contributed by atoms with Gasteiger partial charge in [0.05, 0.1) is 12.8 Å². The van der Waals surface area contributed by atoms with Crippen molar-refractivity contribution < 1.29 is 38.9 Å². The molecule has 10 nitrogen and oxygen atoms in total. The van der Waals surface area contributed by atoms with Crippen molar-refractivity contribution in [2.45, 2.75) is 51.7 Å². The summed E-state index contributed by atoms with van der Waals surface area (Å²) in [5, 5.41) is 24.0. The second-order valence-corrected chi connectivity index (χ2v) is 10.1. The van der Waals surface area contributed by atoms with Crippen LogP contribution in [0, 0.1) is 0 Å². The fraction of sp³-hybridized carbons (Fsp3) is 0.267. The maximum atomic E-state index is 12.7. The highest BCUT2D eigenvalue weighted by molar-refractivity contribution is 5.94. The Balaban J connectivity index is 1.57. The molecule has 0 spiro atoms. The average molecular weight is 549 g/mol. The van der Waals surface area contributed by atoms with Gasteiger partial charge in [-0.05, 0) is 87.4 Å². The van der Waals surface area contributed by atoms with Gasteiger partial charge in [-0.2, -0.15) is 0 Å². The van der Waals surface area contributed by atoms with Gasteiger partial charge in [0.2, 0.25) is 11.8 Å². The largest absolute Gasteiger partial charge is 0.478 e. The van der Waals surface area contributed by atoms with Gasteiger partial charge in [-0.25, -0.2) is 9.59 Å². The number of carbonyl (C=O) groups is 4. The van der Waals surface area contributed by atoms with E-state index in [2.05, 4.69) is 10.6 Å². The van der Waals surface area contributed by atoms with Crippen LogP contribution in [-0.4, -0.2) is 45.2 Å². The maximum Gasteiger partial charge on any atom is 0.347 e. The van der Waals surface area contributed by atoms with Gasteiger partial charge in [0.25, 0.3) is 0 Å². The molecule has 10 heteroatoms. The third-order valence-electron chi connectivity index (χ3n) is 5.87. The van der Waals surface area contributed by atoms with Crippen LogP contribution in [0.1, 0.15) is 38.8 Å². The van der Waals surface area contributed by atoms with Crippen molar-refractivity contribution in [3.8, 4) is 11.5 Å². The van der Waals surface area contributed by atoms with Gasteiger partial charge in [-0.1, -0.05) is 24.3 Å². The van der Waals surface area contributed by atoms with E-state index in [-0.39, 0.29) is 24.7 Å². The fourth-order valence-electron chi connectivity index (χ4n) is 3.55. The van der Waals surface area contributed by atoms with Crippen LogP contribution in [0.15, 0.2) is 72.8 Å². The quantitative estimate of drug-likeness (QED) is 0.258. The number of carboxylic acids is 2. The Kier molecular flexibility index (Phi) is 9.15. The van der Waals surface area contributed by atoms with E-state index >= 15 is 0 Å². The third kappa shape index (κ3) is 8.32. The number of carbonyl (C=O) groups excluding carboxylic acids is 2. The van der Waals surface area contributed by atoms with Gasteiger partial charge in [0, 0.05) is 11.4 Å². The van der Waals surface area contributed by atoms with Crippen molar-refractivity contribution in [3.63, 3.8) is 0 Å². The zero-order chi connectivity index (χ0) is 29.5. The Morgan fingerprint density at radius 3 is 1.23 bits per heavy atom. The number of hydrogen-bond acceptors (Lipinski definition) is 6. The average Bonchev–Trinajstić information content (AvgIpc) is 2.87. The molecule has 210 valence electrons. The first-order valence-corrected chi connectivity index (χ1v) is 12.5. The summed E-state index contributed by atoms with van der Waals surface area (Å²) in [6, 6.07) is 19.9. The molecule has 40 heavy (non-hydrogen) atoms. The Bertz CT molecular complexity index is 1270. The van der Waals surface area contributed by atoms with Crippen molar-refractivity contribution in [1.29, 1.82) is 0 Å². The number of benzene rings is 3. The van der Waals surface area contributed by atoms with E-state index in [1.807, 2.05) is 0 Å². The first-order chi connectivity index (χ1) is 18.7. The summed E-state index contributed by atoms with van der Waals surface area (Å²) in [5.41, 5.74) is -0.370. The van der Waals surface area contributed by atoms with Gasteiger partial charge in [0.1, 0.15) is 11.5 Å². The number of ether oxygens (including phenoxy) is 2. The van der Waals surface area contributed by atoms with Gasteiger partial charge >= 0.3 is 11.9 Å². The second-order valence-electron chi connectivity index (χ2n) is 10.1. The van der Waals surface area contributed by atoms with Crippen molar-refractivity contribution in [2.24, 2.45) is 0 Å². The summed E-state index contributed by atoms with van der Waals surface area (Å²) < 4.78 is 10.9. The van der Waals surface area contributed by atoms with E-state index in [4.69, 9.17) is 9.47 Å². The summed E-state index contributed by atoms with van der Waals surface area (Å²) in [7, 11) is 0. The number of nitrogens with one attached hydrogen (secondary N) is 2. The molecule has 0 saturated carbocycles. The lowest BCUT2D eigenvalue weighted by Crippen LogP contribution is -2.37. The highest BCUT2D eigenvalue weighted by Crippen LogP contribution is 2.23. The Labute approximate surface area is 231 Å². The Morgan fingerprint density at radius 1 is 0.600 bits per heavy atom. The lowest BCUT2D eigenvalue weighted by Gasteiger charge is -2.21. The van der Waals surface area contributed by atoms with Crippen LogP contribution in [0.3, 0.4) is 0 Å². The monoisotopic (exact) mass is 548 g/mol. The molecule has 0 atom stereocenters. The molecular weight excluding hydrogens is 516 g/mol. The predicted molar refractivity (Wildman–Crippen MR) is 149 cm³/mol. The van der Waals surface area contributed by atoms with E-state index < -0.39 is 23.1 Å². The minimum Gasteiger partial charge on any atom is -0.478 e. The summed E-state index contributed by atoms with van der Waals surface area (Å²) in [6.07, 6.45) is 0.0816. The van der Waals surface area contributed by atoms with Crippen LogP contribution in [0.5, 0.6) is 11.5 Å². The summed E-state index contributed by atoms with van der Waals surface area (Å²) in [4.78, 5) is 47.9. The molecule has 0 heterocycles. The van der Waals surface area contributed by atoms with E-state index in [0.717, 1.165) is 0 Å². The van der Waals surface area contributed by atoms with Crippen molar-refractivity contribution >= 4 is 35.1 Å². The molecule has 0 fully saturated rings. The molecule has 0 aliphatic heterocycles. The minimum atomic E-state index is -1.39. The third-order valence-corrected chi connectivity index (χ3v) is 5.87. The second kappa shape index (κ2) is 12.3. The van der Waals surface area contributed by atoms with Gasteiger partial charge in [-0.3, -0.25) is 9.59 Å². The van der Waals surface area contributed by atoms with Crippen LogP contribution in [0.25, 0.3) is 0 Å². The fourth-order valence-corrected chi connectivity index (χ4v) is 3.55. The van der Waals surface area contributed by atoms with Crippen LogP contribution in [0.4, 0.5) is 11.4 Å². The number of hydrogen-bond donors (Lipinski definition) is 4. The first-order valence-electron chi connectivity index (χ1n) is 12.5. The normalized spacial score (nSPS) is 11.3. The van der Waals surface area contributed by atoms with E-state index in [0.29, 0.717) is 34.0 Å². The lowest BCUT2D eigenvalue weighted by atomic mass is 10.0.